The first-order valence-electron chi connectivity index (χ1n) is 7.61. The third-order valence-electron chi connectivity index (χ3n) is 3.30. The Labute approximate surface area is 140 Å². The lowest BCUT2D eigenvalue weighted by molar-refractivity contribution is -0.297. The summed E-state index contributed by atoms with van der Waals surface area (Å²) in [6.45, 7) is 6.28. The Kier molecular flexibility index (Phi) is 5.98. The van der Waals surface area contributed by atoms with Gasteiger partial charge in [-0.2, -0.15) is 0 Å². The van der Waals surface area contributed by atoms with Crippen LogP contribution in [0.2, 0.25) is 0 Å². The highest BCUT2D eigenvalue weighted by Gasteiger charge is 2.08. The average molecular weight is 330 g/mol. The molecule has 0 saturated carbocycles. The summed E-state index contributed by atoms with van der Waals surface area (Å²) in [7, 11) is 0. The second-order valence-electron chi connectivity index (χ2n) is 5.53. The topological polar surface area (TPSA) is 81.7 Å². The van der Waals surface area contributed by atoms with E-state index in [1.165, 1.54) is 5.56 Å². The first-order valence-corrected chi connectivity index (χ1v) is 8.43. The average Bonchev–Trinajstić information content (AvgIpc) is 2.95. The van der Waals surface area contributed by atoms with Crippen molar-refractivity contribution in [3.8, 4) is 0 Å². The molecule has 2 aromatic rings. The molecule has 122 valence electrons. The van der Waals surface area contributed by atoms with Gasteiger partial charge >= 0.3 is 0 Å². The van der Waals surface area contributed by atoms with Gasteiger partial charge in [0, 0.05) is 11.3 Å². The number of benzene rings is 1. The number of H-pyrrole nitrogens is 1. The van der Waals surface area contributed by atoms with E-state index in [-0.39, 0.29) is 4.91 Å². The second-order valence-corrected chi connectivity index (χ2v) is 6.54. The SMILES string of the molecule is CCCc1nc(S/C(=C/c2ccc(C(C)C)cc2)C(=O)[O-])n[nH]1. The highest BCUT2D eigenvalue weighted by Crippen LogP contribution is 2.25. The van der Waals surface area contributed by atoms with Crippen molar-refractivity contribution in [2.75, 3.05) is 0 Å². The van der Waals surface area contributed by atoms with Crippen molar-refractivity contribution >= 4 is 23.8 Å². The molecule has 6 heteroatoms. The van der Waals surface area contributed by atoms with Crippen LogP contribution in [0, 0.1) is 0 Å². The summed E-state index contributed by atoms with van der Waals surface area (Å²) in [5.74, 6) is -0.0352. The molecule has 0 bridgehead atoms. The maximum atomic E-state index is 11.3. The number of carbonyl (C=O) groups excluding carboxylic acids is 1. The van der Waals surface area contributed by atoms with E-state index in [4.69, 9.17) is 0 Å². The van der Waals surface area contributed by atoms with E-state index in [1.807, 2.05) is 31.2 Å². The van der Waals surface area contributed by atoms with Gasteiger partial charge in [-0.25, -0.2) is 4.98 Å². The van der Waals surface area contributed by atoms with E-state index in [0.717, 1.165) is 36.0 Å². The predicted molar refractivity (Wildman–Crippen MR) is 89.7 cm³/mol. The number of carboxylic acids is 1. The second kappa shape index (κ2) is 7.97. The zero-order valence-corrected chi connectivity index (χ0v) is 14.3. The molecule has 0 unspecified atom stereocenters. The van der Waals surface area contributed by atoms with Gasteiger partial charge in [0.2, 0.25) is 5.16 Å². The van der Waals surface area contributed by atoms with Crippen LogP contribution in [0.15, 0.2) is 34.3 Å². The molecule has 0 aliphatic rings. The molecule has 0 spiro atoms. The Morgan fingerprint density at radius 1 is 1.35 bits per heavy atom. The van der Waals surface area contributed by atoms with Gasteiger partial charge in [-0.05, 0) is 41.3 Å². The lowest BCUT2D eigenvalue weighted by Crippen LogP contribution is -2.23. The van der Waals surface area contributed by atoms with Crippen LogP contribution in [-0.2, 0) is 11.2 Å². The Balaban J connectivity index is 2.18. The van der Waals surface area contributed by atoms with Crippen LogP contribution >= 0.6 is 11.8 Å². The molecule has 0 aliphatic carbocycles. The minimum absolute atomic E-state index is 0.0874. The quantitative estimate of drug-likeness (QED) is 0.623. The van der Waals surface area contributed by atoms with E-state index in [2.05, 4.69) is 29.0 Å². The lowest BCUT2D eigenvalue weighted by Gasteiger charge is -2.08. The molecule has 1 aromatic heterocycles. The normalized spacial score (nSPS) is 11.9. The molecule has 0 saturated heterocycles. The number of nitrogens with one attached hydrogen (secondary N) is 1. The van der Waals surface area contributed by atoms with Gasteiger partial charge in [-0.15, -0.1) is 5.10 Å². The van der Waals surface area contributed by atoms with Crippen LogP contribution in [0.4, 0.5) is 0 Å². The zero-order valence-electron chi connectivity index (χ0n) is 13.5. The molecule has 1 heterocycles. The van der Waals surface area contributed by atoms with Crippen LogP contribution in [0.25, 0.3) is 6.08 Å². The summed E-state index contributed by atoms with van der Waals surface area (Å²) < 4.78 is 0. The van der Waals surface area contributed by atoms with E-state index >= 15 is 0 Å². The Bertz CT molecular complexity index is 690. The largest absolute Gasteiger partial charge is 0.544 e. The van der Waals surface area contributed by atoms with Gasteiger partial charge in [-0.3, -0.25) is 5.10 Å². The molecule has 0 atom stereocenters. The molecular formula is C17H20N3O2S-. The van der Waals surface area contributed by atoms with E-state index in [1.54, 1.807) is 6.08 Å². The number of carboxylic acid groups (broad SMARTS) is 1. The molecule has 0 radical (unpaired) electrons. The van der Waals surface area contributed by atoms with Crippen LogP contribution in [0.3, 0.4) is 0 Å². The molecule has 0 fully saturated rings. The number of aryl methyl sites for hydroxylation is 1. The van der Waals surface area contributed by atoms with E-state index in [0.29, 0.717) is 11.1 Å². The fraction of sp³-hybridized carbons (Fsp3) is 0.353. The van der Waals surface area contributed by atoms with Crippen molar-refractivity contribution in [1.82, 2.24) is 15.2 Å². The van der Waals surface area contributed by atoms with Crippen molar-refractivity contribution in [2.24, 2.45) is 0 Å². The minimum atomic E-state index is -1.23. The number of aromatic amines is 1. The van der Waals surface area contributed by atoms with Gasteiger partial charge in [0.05, 0.1) is 5.97 Å². The fourth-order valence-corrected chi connectivity index (χ4v) is 2.75. The summed E-state index contributed by atoms with van der Waals surface area (Å²) in [5, 5.41) is 18.6. The molecule has 5 nitrogen and oxygen atoms in total. The lowest BCUT2D eigenvalue weighted by atomic mass is 10.0. The summed E-state index contributed by atoms with van der Waals surface area (Å²) in [5.41, 5.74) is 2.02. The van der Waals surface area contributed by atoms with Crippen LogP contribution in [0.1, 0.15) is 50.1 Å². The number of thioether (sulfide) groups is 1. The third kappa shape index (κ3) is 4.96. The molecule has 1 aromatic carbocycles. The number of rotatable bonds is 7. The summed E-state index contributed by atoms with van der Waals surface area (Å²) in [4.78, 5) is 15.7. The number of hydrogen-bond donors (Lipinski definition) is 1. The molecule has 0 aliphatic heterocycles. The highest BCUT2D eigenvalue weighted by molar-refractivity contribution is 8.04. The number of hydrogen-bond acceptors (Lipinski definition) is 5. The van der Waals surface area contributed by atoms with Crippen molar-refractivity contribution in [3.05, 3.63) is 46.1 Å². The highest BCUT2D eigenvalue weighted by atomic mass is 32.2. The maximum Gasteiger partial charge on any atom is 0.213 e. The first-order chi connectivity index (χ1) is 11.0. The number of aromatic nitrogens is 3. The van der Waals surface area contributed by atoms with Gasteiger partial charge in [-0.1, -0.05) is 45.0 Å². The van der Waals surface area contributed by atoms with Crippen molar-refractivity contribution in [3.63, 3.8) is 0 Å². The number of nitrogens with zero attached hydrogens (tertiary/aromatic N) is 2. The van der Waals surface area contributed by atoms with Gasteiger partial charge in [0.25, 0.3) is 0 Å². The Hall–Kier alpha value is -2.08. The monoisotopic (exact) mass is 330 g/mol. The van der Waals surface area contributed by atoms with E-state index in [9.17, 15) is 9.90 Å². The van der Waals surface area contributed by atoms with Crippen molar-refractivity contribution < 1.29 is 9.90 Å². The van der Waals surface area contributed by atoms with Gasteiger partial charge in [0.1, 0.15) is 5.82 Å². The third-order valence-corrected chi connectivity index (χ3v) is 4.17. The van der Waals surface area contributed by atoms with Crippen molar-refractivity contribution in [2.45, 2.75) is 44.7 Å². The molecule has 1 N–H and O–H groups in total. The summed E-state index contributed by atoms with van der Waals surface area (Å²) in [6, 6.07) is 7.80. The van der Waals surface area contributed by atoms with Crippen LogP contribution in [-0.4, -0.2) is 21.2 Å². The zero-order chi connectivity index (χ0) is 16.8. The number of carbonyl (C=O) groups is 1. The van der Waals surface area contributed by atoms with Crippen LogP contribution < -0.4 is 5.11 Å². The Morgan fingerprint density at radius 2 is 2.04 bits per heavy atom. The van der Waals surface area contributed by atoms with Crippen LogP contribution in [0.5, 0.6) is 0 Å². The van der Waals surface area contributed by atoms with Gasteiger partial charge in [0.15, 0.2) is 0 Å². The Morgan fingerprint density at radius 3 is 2.61 bits per heavy atom. The predicted octanol–water partition coefficient (Wildman–Crippen LogP) is 2.76. The summed E-state index contributed by atoms with van der Waals surface area (Å²) >= 11 is 0.994. The van der Waals surface area contributed by atoms with Crippen molar-refractivity contribution in [1.29, 1.82) is 0 Å². The maximum absolute atomic E-state index is 11.3. The van der Waals surface area contributed by atoms with Gasteiger partial charge < -0.3 is 9.90 Å². The first kappa shape index (κ1) is 17.3. The van der Waals surface area contributed by atoms with E-state index < -0.39 is 5.97 Å². The standard InChI is InChI=1S/C17H21N3O2S/c1-4-5-15-18-17(20-19-15)23-14(16(21)22)10-12-6-8-13(9-7-12)11(2)3/h6-11H,4-5H2,1-3H3,(H,21,22)(H,18,19,20)/p-1/b14-10+. The fourth-order valence-electron chi connectivity index (χ4n) is 2.03. The molecule has 0 amide bonds. The smallest absolute Gasteiger partial charge is 0.213 e. The molecule has 23 heavy (non-hydrogen) atoms. The molecular weight excluding hydrogens is 310 g/mol. The summed E-state index contributed by atoms with van der Waals surface area (Å²) in [6.07, 6.45) is 3.32. The molecule has 2 rings (SSSR count). The number of aliphatic carboxylic acids is 1. The minimum Gasteiger partial charge on any atom is -0.544 e.